The third kappa shape index (κ3) is 4.25. The molecule has 1 heterocycles. The summed E-state index contributed by atoms with van der Waals surface area (Å²) in [4.78, 5) is 47.8. The zero-order valence-electron chi connectivity index (χ0n) is 15.0. The van der Waals surface area contributed by atoms with E-state index in [2.05, 4.69) is 19.2 Å². The number of fused-ring (bicyclic) bond motifs is 1. The number of nitro benzene ring substituents is 1. The van der Waals surface area contributed by atoms with Gasteiger partial charge in [0.15, 0.2) is 0 Å². The molecule has 140 valence electrons. The van der Waals surface area contributed by atoms with E-state index in [1.807, 2.05) is 0 Å². The topological polar surface area (TPSA) is 110 Å². The fourth-order valence-electron chi connectivity index (χ4n) is 2.94. The Morgan fingerprint density at radius 2 is 1.92 bits per heavy atom. The number of imide groups is 1. The van der Waals surface area contributed by atoms with Crippen molar-refractivity contribution in [3.8, 4) is 0 Å². The highest BCUT2D eigenvalue weighted by Crippen LogP contribution is 2.26. The normalized spacial score (nSPS) is 14.3. The van der Waals surface area contributed by atoms with E-state index < -0.39 is 22.6 Å². The van der Waals surface area contributed by atoms with Crippen LogP contribution in [0.15, 0.2) is 18.2 Å². The first-order chi connectivity index (χ1) is 12.4. The number of carbonyl (C=O) groups excluding carboxylic acids is 3. The molecule has 0 unspecified atom stereocenters. The van der Waals surface area contributed by atoms with Crippen molar-refractivity contribution in [2.24, 2.45) is 5.92 Å². The zero-order chi connectivity index (χ0) is 19.3. The van der Waals surface area contributed by atoms with Crippen LogP contribution in [0.25, 0.3) is 0 Å². The Morgan fingerprint density at radius 3 is 2.54 bits per heavy atom. The van der Waals surface area contributed by atoms with Crippen molar-refractivity contribution < 1.29 is 19.3 Å². The van der Waals surface area contributed by atoms with Gasteiger partial charge in [-0.25, -0.2) is 0 Å². The average Bonchev–Trinajstić information content (AvgIpc) is 2.86. The van der Waals surface area contributed by atoms with Gasteiger partial charge in [0.1, 0.15) is 6.54 Å². The average molecular weight is 361 g/mol. The van der Waals surface area contributed by atoms with Crippen LogP contribution >= 0.6 is 0 Å². The van der Waals surface area contributed by atoms with Gasteiger partial charge in [0, 0.05) is 18.7 Å². The molecular weight excluding hydrogens is 338 g/mol. The summed E-state index contributed by atoms with van der Waals surface area (Å²) >= 11 is 0. The quantitative estimate of drug-likeness (QED) is 0.413. The minimum atomic E-state index is -0.679. The molecule has 0 radical (unpaired) electrons. The molecule has 8 nitrogen and oxygen atoms in total. The minimum Gasteiger partial charge on any atom is -0.354 e. The van der Waals surface area contributed by atoms with Crippen LogP contribution in [0.1, 0.15) is 60.2 Å². The zero-order valence-corrected chi connectivity index (χ0v) is 15.0. The van der Waals surface area contributed by atoms with E-state index in [1.54, 1.807) is 0 Å². The molecular formula is C18H23N3O5. The smallest absolute Gasteiger partial charge is 0.270 e. The summed E-state index contributed by atoms with van der Waals surface area (Å²) in [7, 11) is 0. The molecule has 0 spiro atoms. The van der Waals surface area contributed by atoms with E-state index in [0.717, 1.165) is 36.6 Å². The first kappa shape index (κ1) is 19.6. The van der Waals surface area contributed by atoms with Crippen LogP contribution in [0.3, 0.4) is 0 Å². The Labute approximate surface area is 151 Å². The number of hydrogen-bond acceptors (Lipinski definition) is 5. The molecule has 0 aliphatic carbocycles. The summed E-state index contributed by atoms with van der Waals surface area (Å²) in [5.74, 6) is -1.33. The van der Waals surface area contributed by atoms with Crippen molar-refractivity contribution in [3.05, 3.63) is 39.4 Å². The van der Waals surface area contributed by atoms with E-state index in [4.69, 9.17) is 0 Å². The van der Waals surface area contributed by atoms with Gasteiger partial charge >= 0.3 is 0 Å². The SMILES string of the molecule is CCCC[C@H](CC)CNC(=O)CN1C(=O)c2ccc([N+](=O)[O-])cc2C1=O. The molecule has 1 aromatic rings. The van der Waals surface area contributed by atoms with E-state index in [1.165, 1.54) is 12.1 Å². The second kappa shape index (κ2) is 8.55. The molecule has 2 rings (SSSR count). The molecule has 3 amide bonds. The number of unbranched alkanes of at least 4 members (excludes halogenated alkanes) is 1. The molecule has 1 aliphatic heterocycles. The maximum atomic E-state index is 12.4. The Hall–Kier alpha value is -2.77. The molecule has 0 aromatic heterocycles. The monoisotopic (exact) mass is 361 g/mol. The fourth-order valence-corrected chi connectivity index (χ4v) is 2.94. The maximum absolute atomic E-state index is 12.4. The van der Waals surface area contributed by atoms with Crippen LogP contribution in [0.2, 0.25) is 0 Å². The van der Waals surface area contributed by atoms with Crippen LogP contribution in [0.5, 0.6) is 0 Å². The van der Waals surface area contributed by atoms with Gasteiger partial charge in [0.25, 0.3) is 17.5 Å². The van der Waals surface area contributed by atoms with Crippen molar-refractivity contribution in [2.45, 2.75) is 39.5 Å². The molecule has 8 heteroatoms. The molecule has 1 aliphatic rings. The Bertz CT molecular complexity index is 732. The fraction of sp³-hybridized carbons (Fsp3) is 0.500. The van der Waals surface area contributed by atoms with E-state index >= 15 is 0 Å². The van der Waals surface area contributed by atoms with Crippen molar-refractivity contribution in [2.75, 3.05) is 13.1 Å². The summed E-state index contributed by atoms with van der Waals surface area (Å²) < 4.78 is 0. The van der Waals surface area contributed by atoms with Crippen molar-refractivity contribution >= 4 is 23.4 Å². The molecule has 1 aromatic carbocycles. The van der Waals surface area contributed by atoms with E-state index in [9.17, 15) is 24.5 Å². The number of nitro groups is 1. The van der Waals surface area contributed by atoms with E-state index in [-0.39, 0.29) is 23.4 Å². The second-order valence-corrected chi connectivity index (χ2v) is 6.40. The summed E-state index contributed by atoms with van der Waals surface area (Å²) in [6, 6.07) is 3.50. The second-order valence-electron chi connectivity index (χ2n) is 6.40. The van der Waals surface area contributed by atoms with Gasteiger partial charge in [-0.2, -0.15) is 0 Å². The van der Waals surface area contributed by atoms with Gasteiger partial charge in [-0.1, -0.05) is 33.1 Å². The van der Waals surface area contributed by atoms with Crippen molar-refractivity contribution in [3.63, 3.8) is 0 Å². The van der Waals surface area contributed by atoms with E-state index in [0.29, 0.717) is 12.5 Å². The summed E-state index contributed by atoms with van der Waals surface area (Å²) in [6.07, 6.45) is 4.14. The van der Waals surface area contributed by atoms with Crippen LogP contribution in [-0.4, -0.2) is 40.6 Å². The molecule has 0 bridgehead atoms. The molecule has 26 heavy (non-hydrogen) atoms. The first-order valence-electron chi connectivity index (χ1n) is 8.80. The maximum Gasteiger partial charge on any atom is 0.270 e. The lowest BCUT2D eigenvalue weighted by Gasteiger charge is -2.17. The van der Waals surface area contributed by atoms with Gasteiger partial charge in [0.2, 0.25) is 5.91 Å². The van der Waals surface area contributed by atoms with Crippen LogP contribution < -0.4 is 5.32 Å². The van der Waals surface area contributed by atoms with Crippen LogP contribution in [0, 0.1) is 16.0 Å². The third-order valence-electron chi connectivity index (χ3n) is 4.60. The highest BCUT2D eigenvalue weighted by atomic mass is 16.6. The van der Waals surface area contributed by atoms with Crippen molar-refractivity contribution in [1.29, 1.82) is 0 Å². The lowest BCUT2D eigenvalue weighted by molar-refractivity contribution is -0.384. The number of amides is 3. The van der Waals surface area contributed by atoms with Gasteiger partial charge in [0.05, 0.1) is 16.1 Å². The largest absolute Gasteiger partial charge is 0.354 e. The predicted octanol–water partition coefficient (Wildman–Crippen LogP) is 2.52. The Balaban J connectivity index is 1.99. The summed E-state index contributed by atoms with van der Waals surface area (Å²) in [6.45, 7) is 4.29. The highest BCUT2D eigenvalue weighted by Gasteiger charge is 2.37. The summed E-state index contributed by atoms with van der Waals surface area (Å²) in [5, 5.41) is 13.6. The van der Waals surface area contributed by atoms with Gasteiger partial charge in [-0.3, -0.25) is 29.4 Å². The predicted molar refractivity (Wildman–Crippen MR) is 94.8 cm³/mol. The number of benzene rings is 1. The van der Waals surface area contributed by atoms with Gasteiger partial charge in [-0.15, -0.1) is 0 Å². The first-order valence-corrected chi connectivity index (χ1v) is 8.80. The van der Waals surface area contributed by atoms with Crippen molar-refractivity contribution in [1.82, 2.24) is 10.2 Å². The molecule has 0 fully saturated rings. The minimum absolute atomic E-state index is 0.0358. The molecule has 1 atom stereocenters. The molecule has 0 saturated carbocycles. The molecule has 0 saturated heterocycles. The lowest BCUT2D eigenvalue weighted by Crippen LogP contribution is -2.41. The standard InChI is InChI=1S/C18H23N3O5/c1-3-5-6-12(4-2)10-19-16(22)11-20-17(23)14-8-7-13(21(25)26)9-15(14)18(20)24/h7-9,12H,3-6,10-11H2,1-2H3,(H,19,22)/t12-/m0/s1. The number of hydrogen-bond donors (Lipinski definition) is 1. The van der Waals surface area contributed by atoms with Crippen LogP contribution in [-0.2, 0) is 4.79 Å². The number of nitrogens with one attached hydrogen (secondary N) is 1. The summed E-state index contributed by atoms with van der Waals surface area (Å²) in [5.41, 5.74) is -0.216. The van der Waals surface area contributed by atoms with Gasteiger partial charge in [-0.05, 0) is 18.4 Å². The number of non-ortho nitro benzene ring substituents is 1. The highest BCUT2D eigenvalue weighted by molar-refractivity contribution is 6.22. The number of rotatable bonds is 9. The Kier molecular flexibility index (Phi) is 6.43. The molecule has 1 N–H and O–H groups in total. The Morgan fingerprint density at radius 1 is 1.23 bits per heavy atom. The lowest BCUT2D eigenvalue weighted by atomic mass is 9.99. The number of carbonyl (C=O) groups is 3. The number of nitrogens with zero attached hydrogens (tertiary/aromatic N) is 2. The van der Waals surface area contributed by atoms with Crippen LogP contribution in [0.4, 0.5) is 5.69 Å². The third-order valence-corrected chi connectivity index (χ3v) is 4.60. The van der Waals surface area contributed by atoms with Gasteiger partial charge < -0.3 is 5.32 Å².